The molecule has 1 atom stereocenters. The van der Waals surface area contributed by atoms with E-state index in [4.69, 9.17) is 0 Å². The van der Waals surface area contributed by atoms with Crippen molar-refractivity contribution < 1.29 is 0 Å². The normalized spacial score (nSPS) is 17.1. The first kappa shape index (κ1) is 16.8. The minimum Gasteiger partial charge on any atom is -0.324 e. The third kappa shape index (κ3) is 3.51. The predicted molar refractivity (Wildman–Crippen MR) is 106 cm³/mol. The molecule has 5 heteroatoms. The van der Waals surface area contributed by atoms with Crippen LogP contribution < -0.4 is 11.0 Å². The van der Waals surface area contributed by atoms with Crippen LogP contribution in [0, 0.1) is 11.3 Å². The van der Waals surface area contributed by atoms with Crippen LogP contribution in [0.25, 0.3) is 0 Å². The average Bonchev–Trinajstić information content (AvgIpc) is 2.72. The van der Waals surface area contributed by atoms with E-state index < -0.39 is 0 Å². The maximum Gasteiger partial charge on any atom is 0.266 e. The van der Waals surface area contributed by atoms with Gasteiger partial charge in [-0.25, -0.2) is 0 Å². The Bertz CT molecular complexity index is 1080. The van der Waals surface area contributed by atoms with Gasteiger partial charge in [0.25, 0.3) is 5.56 Å². The third-order valence-electron chi connectivity index (χ3n) is 4.81. The molecule has 4 rings (SSSR count). The third-order valence-corrected chi connectivity index (χ3v) is 4.81. The molecule has 5 nitrogen and oxygen atoms in total. The highest BCUT2D eigenvalue weighted by atomic mass is 16.1. The highest BCUT2D eigenvalue weighted by Crippen LogP contribution is 2.32. The molecular formula is C22H18N4O. The van der Waals surface area contributed by atoms with Gasteiger partial charge < -0.3 is 4.98 Å². The molecule has 2 N–H and O–H groups in total. The number of para-hydroxylation sites is 1. The van der Waals surface area contributed by atoms with E-state index in [9.17, 15) is 10.1 Å². The Hall–Kier alpha value is -3.65. The molecule has 0 saturated heterocycles. The number of hydrogen-bond donors (Lipinski definition) is 2. The molecule has 1 heterocycles. The molecule has 3 aromatic rings. The second-order valence-electron chi connectivity index (χ2n) is 6.57. The molecule has 132 valence electrons. The van der Waals surface area contributed by atoms with Gasteiger partial charge in [0, 0.05) is 11.3 Å². The predicted octanol–water partition coefficient (Wildman–Crippen LogP) is 3.79. The van der Waals surface area contributed by atoms with Gasteiger partial charge in [-0.2, -0.15) is 10.4 Å². The van der Waals surface area contributed by atoms with Crippen LogP contribution in [0.5, 0.6) is 0 Å². The van der Waals surface area contributed by atoms with Crippen LogP contribution in [0.1, 0.15) is 34.7 Å². The molecule has 1 unspecified atom stereocenters. The summed E-state index contributed by atoms with van der Waals surface area (Å²) in [5.41, 5.74) is 7.45. The van der Waals surface area contributed by atoms with Crippen molar-refractivity contribution in [3.05, 3.63) is 99.5 Å². The summed E-state index contributed by atoms with van der Waals surface area (Å²) in [5.74, 6) is 0.221. The number of hydrazone groups is 1. The molecule has 0 bridgehead atoms. The maximum atomic E-state index is 12.1. The molecule has 1 aromatic heterocycles. The van der Waals surface area contributed by atoms with Gasteiger partial charge in [0.2, 0.25) is 0 Å². The lowest BCUT2D eigenvalue weighted by atomic mass is 9.81. The van der Waals surface area contributed by atoms with E-state index in [1.54, 1.807) is 6.07 Å². The van der Waals surface area contributed by atoms with Gasteiger partial charge in [-0.05, 0) is 42.5 Å². The lowest BCUT2D eigenvalue weighted by Gasteiger charge is -2.26. The first-order chi connectivity index (χ1) is 13.2. The van der Waals surface area contributed by atoms with Crippen molar-refractivity contribution in [2.45, 2.75) is 18.8 Å². The van der Waals surface area contributed by atoms with Gasteiger partial charge in [-0.3, -0.25) is 10.2 Å². The highest BCUT2D eigenvalue weighted by molar-refractivity contribution is 6.03. The Morgan fingerprint density at radius 2 is 1.74 bits per heavy atom. The fourth-order valence-electron chi connectivity index (χ4n) is 3.44. The number of pyridine rings is 1. The standard InChI is InChI=1S/C22H18N4O/c23-14-17-11-19-20(24-22(17)27)12-16(15-7-3-1-4-8-15)13-21(19)26-25-18-9-5-2-6-10-18/h1-11,16,25H,12-13H2,(H,24,27). The smallest absolute Gasteiger partial charge is 0.266 e. The number of aromatic nitrogens is 1. The van der Waals surface area contributed by atoms with Gasteiger partial charge in [0.05, 0.1) is 11.4 Å². The monoisotopic (exact) mass is 354 g/mol. The maximum absolute atomic E-state index is 12.1. The van der Waals surface area contributed by atoms with E-state index >= 15 is 0 Å². The van der Waals surface area contributed by atoms with E-state index in [0.29, 0.717) is 6.42 Å². The van der Waals surface area contributed by atoms with Crippen LogP contribution >= 0.6 is 0 Å². The topological polar surface area (TPSA) is 81.0 Å². The fraction of sp³-hybridized carbons (Fsp3) is 0.136. The molecule has 0 saturated carbocycles. The van der Waals surface area contributed by atoms with E-state index in [1.807, 2.05) is 54.6 Å². The summed E-state index contributed by atoms with van der Waals surface area (Å²) in [6.07, 6.45) is 1.44. The van der Waals surface area contributed by atoms with Crippen LogP contribution in [0.3, 0.4) is 0 Å². The molecule has 2 aromatic carbocycles. The molecule has 0 aliphatic heterocycles. The second-order valence-corrected chi connectivity index (χ2v) is 6.57. The van der Waals surface area contributed by atoms with E-state index in [2.05, 4.69) is 27.6 Å². The number of rotatable bonds is 3. The van der Waals surface area contributed by atoms with E-state index in [-0.39, 0.29) is 17.0 Å². The van der Waals surface area contributed by atoms with Crippen LogP contribution in [-0.2, 0) is 6.42 Å². The first-order valence-electron chi connectivity index (χ1n) is 8.84. The van der Waals surface area contributed by atoms with Gasteiger partial charge in [0.1, 0.15) is 11.6 Å². The second kappa shape index (κ2) is 7.30. The number of fused-ring (bicyclic) bond motifs is 1. The van der Waals surface area contributed by atoms with Crippen molar-refractivity contribution in [2.75, 3.05) is 5.43 Å². The van der Waals surface area contributed by atoms with Gasteiger partial charge in [0.15, 0.2) is 0 Å². The summed E-state index contributed by atoms with van der Waals surface area (Å²) >= 11 is 0. The zero-order valence-corrected chi connectivity index (χ0v) is 14.6. The van der Waals surface area contributed by atoms with Crippen molar-refractivity contribution in [2.24, 2.45) is 5.10 Å². The Morgan fingerprint density at radius 1 is 1.04 bits per heavy atom. The van der Waals surface area contributed by atoms with Gasteiger partial charge >= 0.3 is 0 Å². The summed E-state index contributed by atoms with van der Waals surface area (Å²) in [6, 6.07) is 23.6. The quantitative estimate of drug-likeness (QED) is 0.702. The number of nitrogens with zero attached hydrogens (tertiary/aromatic N) is 2. The summed E-state index contributed by atoms with van der Waals surface area (Å²) in [7, 11) is 0. The minimum absolute atomic E-state index is 0.110. The zero-order valence-electron chi connectivity index (χ0n) is 14.6. The Labute approximate surface area is 157 Å². The Kier molecular flexibility index (Phi) is 4.54. The molecule has 0 spiro atoms. The van der Waals surface area contributed by atoms with Gasteiger partial charge in [-0.15, -0.1) is 0 Å². The molecule has 27 heavy (non-hydrogen) atoms. The van der Waals surface area contributed by atoms with Crippen LogP contribution in [0.4, 0.5) is 5.69 Å². The summed E-state index contributed by atoms with van der Waals surface area (Å²) in [4.78, 5) is 15.0. The van der Waals surface area contributed by atoms with Crippen LogP contribution in [0.15, 0.2) is 76.6 Å². The molecular weight excluding hydrogens is 336 g/mol. The van der Waals surface area contributed by atoms with Crippen molar-refractivity contribution in [3.8, 4) is 6.07 Å². The van der Waals surface area contributed by atoms with E-state index in [1.165, 1.54) is 5.56 Å². The lowest BCUT2D eigenvalue weighted by Crippen LogP contribution is -2.26. The number of benzene rings is 2. The van der Waals surface area contributed by atoms with Crippen molar-refractivity contribution in [3.63, 3.8) is 0 Å². The molecule has 0 fully saturated rings. The molecule has 1 aliphatic carbocycles. The number of anilines is 1. The summed E-state index contributed by atoms with van der Waals surface area (Å²) in [5, 5.41) is 13.8. The minimum atomic E-state index is -0.347. The largest absolute Gasteiger partial charge is 0.324 e. The number of hydrogen-bond acceptors (Lipinski definition) is 4. The summed E-state index contributed by atoms with van der Waals surface area (Å²) < 4.78 is 0. The van der Waals surface area contributed by atoms with Crippen LogP contribution in [-0.4, -0.2) is 10.7 Å². The SMILES string of the molecule is N#Cc1cc2c([nH]c1=O)CC(c1ccccc1)CC2=NNc1ccccc1. The molecule has 0 amide bonds. The average molecular weight is 354 g/mol. The molecule has 1 aliphatic rings. The number of H-pyrrole nitrogens is 1. The summed E-state index contributed by atoms with van der Waals surface area (Å²) in [6.45, 7) is 0. The van der Waals surface area contributed by atoms with Crippen LogP contribution in [0.2, 0.25) is 0 Å². The highest BCUT2D eigenvalue weighted by Gasteiger charge is 2.26. The Morgan fingerprint density at radius 3 is 2.44 bits per heavy atom. The van der Waals surface area contributed by atoms with Crippen molar-refractivity contribution in [1.82, 2.24) is 4.98 Å². The van der Waals surface area contributed by atoms with Crippen molar-refractivity contribution >= 4 is 11.4 Å². The first-order valence-corrected chi connectivity index (χ1v) is 8.84. The number of nitrogens with one attached hydrogen (secondary N) is 2. The number of aromatic amines is 1. The van der Waals surface area contributed by atoms with Crippen molar-refractivity contribution in [1.29, 1.82) is 5.26 Å². The zero-order chi connectivity index (χ0) is 18.6. The fourth-order valence-corrected chi connectivity index (χ4v) is 3.44. The number of nitriles is 1. The van der Waals surface area contributed by atoms with Gasteiger partial charge in [-0.1, -0.05) is 48.5 Å². The molecule has 0 radical (unpaired) electrons. The lowest BCUT2D eigenvalue weighted by molar-refractivity contribution is 0.677. The van der Waals surface area contributed by atoms with E-state index in [0.717, 1.165) is 29.1 Å². The Balaban J connectivity index is 1.76.